The highest BCUT2D eigenvalue weighted by Crippen LogP contribution is 2.09. The van der Waals surface area contributed by atoms with E-state index in [0.29, 0.717) is 18.6 Å². The van der Waals surface area contributed by atoms with E-state index in [4.69, 9.17) is 0 Å². The summed E-state index contributed by atoms with van der Waals surface area (Å²) in [5, 5.41) is 17.7. The van der Waals surface area contributed by atoms with Gasteiger partial charge in [0.2, 0.25) is 11.8 Å². The average Bonchev–Trinajstić information content (AvgIpc) is 3.04. The van der Waals surface area contributed by atoms with Crippen LogP contribution in [0.3, 0.4) is 0 Å². The van der Waals surface area contributed by atoms with Gasteiger partial charge in [-0.2, -0.15) is 11.8 Å². The molecule has 0 spiro atoms. The summed E-state index contributed by atoms with van der Waals surface area (Å²) in [6.45, 7) is 4.61. The molecule has 1 saturated heterocycles. The Hall–Kier alpha value is -1.28. The lowest BCUT2D eigenvalue weighted by molar-refractivity contribution is -0.142. The van der Waals surface area contributed by atoms with Gasteiger partial charge in [0.15, 0.2) is 0 Å². The van der Waals surface area contributed by atoms with Crippen LogP contribution >= 0.6 is 11.8 Å². The van der Waals surface area contributed by atoms with Gasteiger partial charge in [-0.25, -0.2) is 4.79 Å². The van der Waals surface area contributed by atoms with E-state index in [0.717, 1.165) is 19.4 Å². The Morgan fingerprint density at radius 2 is 1.96 bits per heavy atom. The van der Waals surface area contributed by atoms with E-state index >= 15 is 0 Å². The quantitative estimate of drug-likeness (QED) is 0.455. The third kappa shape index (κ3) is 7.09. The van der Waals surface area contributed by atoms with Crippen LogP contribution < -0.4 is 16.0 Å². The van der Waals surface area contributed by atoms with E-state index in [1.54, 1.807) is 11.8 Å². The molecule has 2 amide bonds. The van der Waals surface area contributed by atoms with Crippen LogP contribution in [0.2, 0.25) is 0 Å². The summed E-state index contributed by atoms with van der Waals surface area (Å²) in [7, 11) is 0. The Morgan fingerprint density at radius 3 is 2.46 bits per heavy atom. The van der Waals surface area contributed by atoms with Crippen LogP contribution in [0.1, 0.15) is 39.5 Å². The number of carboxylic acids is 1. The summed E-state index contributed by atoms with van der Waals surface area (Å²) in [5.41, 5.74) is 0. The normalized spacial score (nSPS) is 19.8. The Morgan fingerprint density at radius 1 is 1.25 bits per heavy atom. The zero-order valence-electron chi connectivity index (χ0n) is 14.6. The molecule has 1 fully saturated rings. The summed E-state index contributed by atoms with van der Waals surface area (Å²) < 4.78 is 0. The van der Waals surface area contributed by atoms with E-state index < -0.39 is 24.0 Å². The van der Waals surface area contributed by atoms with Gasteiger partial charge in [0.05, 0.1) is 6.04 Å². The third-order valence-electron chi connectivity index (χ3n) is 3.94. The van der Waals surface area contributed by atoms with Crippen LogP contribution in [-0.2, 0) is 14.4 Å². The van der Waals surface area contributed by atoms with Gasteiger partial charge < -0.3 is 21.1 Å². The molecule has 3 unspecified atom stereocenters. The topological polar surface area (TPSA) is 108 Å². The standard InChI is InChI=1S/C16H29N3O4S/c1-10(2)9-13(16(22)23)19-15(21)12(6-8-24-3)18-14(20)11-5-4-7-17-11/h10-13,17H,4-9H2,1-3H3,(H,18,20)(H,19,21)(H,22,23). The molecule has 0 radical (unpaired) electrons. The summed E-state index contributed by atoms with van der Waals surface area (Å²) >= 11 is 1.58. The molecule has 8 heteroatoms. The fourth-order valence-electron chi connectivity index (χ4n) is 2.65. The first kappa shape index (κ1) is 20.8. The van der Waals surface area contributed by atoms with E-state index in [1.165, 1.54) is 0 Å². The van der Waals surface area contributed by atoms with Crippen LogP contribution in [-0.4, -0.2) is 59.6 Å². The molecule has 0 aliphatic carbocycles. The maximum atomic E-state index is 12.5. The van der Waals surface area contributed by atoms with Crippen molar-refractivity contribution in [1.82, 2.24) is 16.0 Å². The molecule has 0 aromatic carbocycles. The highest BCUT2D eigenvalue weighted by molar-refractivity contribution is 7.98. The lowest BCUT2D eigenvalue weighted by Crippen LogP contribution is -2.54. The third-order valence-corrected chi connectivity index (χ3v) is 4.59. The largest absolute Gasteiger partial charge is 0.480 e. The first-order valence-corrected chi connectivity index (χ1v) is 9.80. The molecular formula is C16H29N3O4S. The van der Waals surface area contributed by atoms with Gasteiger partial charge >= 0.3 is 5.97 Å². The van der Waals surface area contributed by atoms with Gasteiger partial charge in [0.25, 0.3) is 0 Å². The van der Waals surface area contributed by atoms with Gasteiger partial charge in [0, 0.05) is 0 Å². The second kappa shape index (κ2) is 10.6. The number of aliphatic carboxylic acids is 1. The van der Waals surface area contributed by atoms with Crippen molar-refractivity contribution < 1.29 is 19.5 Å². The first-order chi connectivity index (χ1) is 11.3. The molecule has 7 nitrogen and oxygen atoms in total. The second-order valence-electron chi connectivity index (χ2n) is 6.52. The van der Waals surface area contributed by atoms with Crippen LogP contribution in [0.15, 0.2) is 0 Å². The van der Waals surface area contributed by atoms with Crippen molar-refractivity contribution in [3.63, 3.8) is 0 Å². The molecule has 3 atom stereocenters. The predicted molar refractivity (Wildman–Crippen MR) is 95.0 cm³/mol. The molecule has 138 valence electrons. The van der Waals surface area contributed by atoms with E-state index in [1.807, 2.05) is 20.1 Å². The zero-order chi connectivity index (χ0) is 18.1. The SMILES string of the molecule is CSCCC(NC(=O)C1CCCN1)C(=O)NC(CC(C)C)C(=O)O. The minimum atomic E-state index is -1.05. The Labute approximate surface area is 147 Å². The predicted octanol–water partition coefficient (Wildman–Crippen LogP) is 0.592. The molecule has 24 heavy (non-hydrogen) atoms. The van der Waals surface area contributed by atoms with Crippen molar-refractivity contribution in [2.45, 2.75) is 57.7 Å². The number of amides is 2. The number of carbonyl (C=O) groups excluding carboxylic acids is 2. The molecule has 0 saturated carbocycles. The van der Waals surface area contributed by atoms with Crippen LogP contribution in [0, 0.1) is 5.92 Å². The molecule has 1 heterocycles. The number of carboxylic acid groups (broad SMARTS) is 1. The number of nitrogens with one attached hydrogen (secondary N) is 3. The molecule has 1 rings (SSSR count). The van der Waals surface area contributed by atoms with Crippen molar-refractivity contribution in [2.75, 3.05) is 18.6 Å². The maximum absolute atomic E-state index is 12.5. The number of rotatable bonds is 10. The summed E-state index contributed by atoms with van der Waals surface area (Å²) in [6.07, 6.45) is 4.45. The summed E-state index contributed by atoms with van der Waals surface area (Å²) in [6, 6.07) is -1.90. The van der Waals surface area contributed by atoms with Gasteiger partial charge in [-0.15, -0.1) is 0 Å². The van der Waals surface area contributed by atoms with Crippen molar-refractivity contribution in [2.24, 2.45) is 5.92 Å². The molecule has 1 aliphatic rings. The van der Waals surface area contributed by atoms with Gasteiger partial charge in [-0.1, -0.05) is 13.8 Å². The fraction of sp³-hybridized carbons (Fsp3) is 0.812. The minimum Gasteiger partial charge on any atom is -0.480 e. The van der Waals surface area contributed by atoms with Crippen LogP contribution in [0.5, 0.6) is 0 Å². The van der Waals surface area contributed by atoms with Gasteiger partial charge in [-0.05, 0) is 50.2 Å². The Bertz CT molecular complexity index is 439. The summed E-state index contributed by atoms with van der Waals surface area (Å²) in [5.74, 6) is -0.816. The van der Waals surface area contributed by atoms with Crippen LogP contribution in [0.25, 0.3) is 0 Å². The number of hydrogen-bond donors (Lipinski definition) is 4. The number of hydrogen-bond acceptors (Lipinski definition) is 5. The lowest BCUT2D eigenvalue weighted by Gasteiger charge is -2.23. The number of thioether (sulfide) groups is 1. The molecule has 4 N–H and O–H groups in total. The maximum Gasteiger partial charge on any atom is 0.326 e. The van der Waals surface area contributed by atoms with Crippen molar-refractivity contribution >= 4 is 29.5 Å². The first-order valence-electron chi connectivity index (χ1n) is 8.41. The Balaban J connectivity index is 2.68. The zero-order valence-corrected chi connectivity index (χ0v) is 15.4. The van der Waals surface area contributed by atoms with E-state index in [-0.39, 0.29) is 17.9 Å². The second-order valence-corrected chi connectivity index (χ2v) is 7.51. The molecule has 1 aliphatic heterocycles. The molecular weight excluding hydrogens is 330 g/mol. The average molecular weight is 359 g/mol. The van der Waals surface area contributed by atoms with Crippen molar-refractivity contribution in [3.05, 3.63) is 0 Å². The fourth-order valence-corrected chi connectivity index (χ4v) is 3.12. The summed E-state index contributed by atoms with van der Waals surface area (Å²) in [4.78, 5) is 36.0. The smallest absolute Gasteiger partial charge is 0.326 e. The van der Waals surface area contributed by atoms with Crippen molar-refractivity contribution in [3.8, 4) is 0 Å². The van der Waals surface area contributed by atoms with Gasteiger partial charge in [0.1, 0.15) is 12.1 Å². The van der Waals surface area contributed by atoms with Crippen LogP contribution in [0.4, 0.5) is 0 Å². The van der Waals surface area contributed by atoms with E-state index in [9.17, 15) is 19.5 Å². The lowest BCUT2D eigenvalue weighted by atomic mass is 10.0. The minimum absolute atomic E-state index is 0.147. The monoisotopic (exact) mass is 359 g/mol. The van der Waals surface area contributed by atoms with Gasteiger partial charge in [-0.3, -0.25) is 9.59 Å². The van der Waals surface area contributed by atoms with E-state index in [2.05, 4.69) is 16.0 Å². The molecule has 0 bridgehead atoms. The molecule has 0 aromatic heterocycles. The number of carbonyl (C=O) groups is 3. The highest BCUT2D eigenvalue weighted by Gasteiger charge is 2.29. The molecule has 0 aromatic rings. The highest BCUT2D eigenvalue weighted by atomic mass is 32.2. The Kier molecular flexibility index (Phi) is 9.13. The van der Waals surface area contributed by atoms with Crippen molar-refractivity contribution in [1.29, 1.82) is 0 Å².